The fourth-order valence-corrected chi connectivity index (χ4v) is 4.04. The number of methoxy groups -OCH3 is 1. The molecule has 9 heteroatoms. The second-order valence-electron chi connectivity index (χ2n) is 7.90. The molecule has 1 aliphatic heterocycles. The first-order valence-electron chi connectivity index (χ1n) is 10.5. The largest absolute Gasteiger partial charge is 0.497 e. The van der Waals surface area contributed by atoms with Gasteiger partial charge in [0.15, 0.2) is 0 Å². The molecular weight excluding hydrogens is 447 g/mol. The number of nitrogens with zero attached hydrogens (tertiary/aromatic N) is 1. The van der Waals surface area contributed by atoms with Crippen LogP contribution in [0.5, 0.6) is 5.75 Å². The summed E-state index contributed by atoms with van der Waals surface area (Å²) in [4.78, 5) is 27.3. The SMILES string of the molecule is COc1cc(F)c(C2CN(Cc3ccccc3)C(=O)C2NC(=O)Nc2ccc(F)cc2)c(F)c1. The number of ether oxygens (including phenoxy) is 1. The van der Waals surface area contributed by atoms with E-state index in [2.05, 4.69) is 10.6 Å². The second kappa shape index (κ2) is 9.86. The highest BCUT2D eigenvalue weighted by molar-refractivity contribution is 5.95. The Morgan fingerprint density at radius 2 is 1.68 bits per heavy atom. The summed E-state index contributed by atoms with van der Waals surface area (Å²) in [5.41, 5.74) is 0.822. The Labute approximate surface area is 194 Å². The summed E-state index contributed by atoms with van der Waals surface area (Å²) in [5.74, 6) is -3.68. The van der Waals surface area contributed by atoms with Crippen molar-refractivity contribution in [1.82, 2.24) is 10.2 Å². The van der Waals surface area contributed by atoms with Gasteiger partial charge in [-0.15, -0.1) is 0 Å². The summed E-state index contributed by atoms with van der Waals surface area (Å²) in [6, 6.07) is 14.3. The summed E-state index contributed by atoms with van der Waals surface area (Å²) in [7, 11) is 1.29. The third-order valence-corrected chi connectivity index (χ3v) is 5.66. The number of carbonyl (C=O) groups excluding carboxylic acids is 2. The van der Waals surface area contributed by atoms with Gasteiger partial charge >= 0.3 is 6.03 Å². The van der Waals surface area contributed by atoms with E-state index in [1.807, 2.05) is 30.3 Å². The van der Waals surface area contributed by atoms with Crippen molar-refractivity contribution in [2.75, 3.05) is 19.0 Å². The number of urea groups is 1. The van der Waals surface area contributed by atoms with Gasteiger partial charge in [0.05, 0.1) is 7.11 Å². The predicted molar refractivity (Wildman–Crippen MR) is 120 cm³/mol. The van der Waals surface area contributed by atoms with Gasteiger partial charge in [0.1, 0.15) is 29.2 Å². The number of hydrogen-bond donors (Lipinski definition) is 2. The van der Waals surface area contributed by atoms with Gasteiger partial charge in [-0.05, 0) is 29.8 Å². The van der Waals surface area contributed by atoms with Crippen LogP contribution in [0.15, 0.2) is 66.7 Å². The average Bonchev–Trinajstić information content (AvgIpc) is 3.10. The van der Waals surface area contributed by atoms with Crippen LogP contribution in [-0.4, -0.2) is 36.5 Å². The lowest BCUT2D eigenvalue weighted by molar-refractivity contribution is -0.129. The van der Waals surface area contributed by atoms with Crippen molar-refractivity contribution in [3.05, 3.63) is 95.3 Å². The van der Waals surface area contributed by atoms with Crippen LogP contribution >= 0.6 is 0 Å². The Hall–Kier alpha value is -4.01. The Morgan fingerprint density at radius 1 is 1.03 bits per heavy atom. The molecule has 1 heterocycles. The van der Waals surface area contributed by atoms with Crippen LogP contribution in [-0.2, 0) is 11.3 Å². The van der Waals surface area contributed by atoms with Crippen molar-refractivity contribution >= 4 is 17.6 Å². The van der Waals surface area contributed by atoms with E-state index < -0.39 is 41.3 Å². The number of halogens is 3. The zero-order valence-electron chi connectivity index (χ0n) is 18.2. The van der Waals surface area contributed by atoms with Crippen LogP contribution in [0.4, 0.5) is 23.7 Å². The molecule has 3 aromatic carbocycles. The monoisotopic (exact) mass is 469 g/mol. The summed E-state index contributed by atoms with van der Waals surface area (Å²) in [6.07, 6.45) is 0. The maximum absolute atomic E-state index is 14.9. The van der Waals surface area contributed by atoms with Gasteiger partial charge in [-0.1, -0.05) is 30.3 Å². The van der Waals surface area contributed by atoms with E-state index >= 15 is 0 Å². The number of amides is 3. The standard InChI is InChI=1S/C25H22F3N3O3/c1-34-18-11-20(27)22(21(28)12-18)19-14-31(13-15-5-3-2-4-6-15)24(32)23(19)30-25(33)29-17-9-7-16(26)8-10-17/h2-12,19,23H,13-14H2,1H3,(H2,29,30,33). The van der Waals surface area contributed by atoms with Crippen molar-refractivity contribution in [1.29, 1.82) is 0 Å². The van der Waals surface area contributed by atoms with E-state index in [1.54, 1.807) is 0 Å². The molecule has 3 amide bonds. The highest BCUT2D eigenvalue weighted by Crippen LogP contribution is 2.35. The minimum absolute atomic E-state index is 0.00257. The highest BCUT2D eigenvalue weighted by Gasteiger charge is 2.44. The molecule has 6 nitrogen and oxygen atoms in total. The molecule has 0 saturated carbocycles. The first-order valence-corrected chi connectivity index (χ1v) is 10.5. The lowest BCUT2D eigenvalue weighted by Gasteiger charge is -2.20. The third-order valence-electron chi connectivity index (χ3n) is 5.66. The Balaban J connectivity index is 1.62. The molecule has 2 unspecified atom stereocenters. The normalized spacial score (nSPS) is 17.5. The first-order chi connectivity index (χ1) is 16.4. The van der Waals surface area contributed by atoms with Crippen LogP contribution in [0.1, 0.15) is 17.0 Å². The maximum Gasteiger partial charge on any atom is 0.319 e. The zero-order chi connectivity index (χ0) is 24.2. The number of carbonyl (C=O) groups is 2. The average molecular weight is 469 g/mol. The minimum atomic E-state index is -1.22. The molecule has 1 saturated heterocycles. The van der Waals surface area contributed by atoms with Crippen molar-refractivity contribution in [2.24, 2.45) is 0 Å². The number of hydrogen-bond acceptors (Lipinski definition) is 3. The smallest absolute Gasteiger partial charge is 0.319 e. The lowest BCUT2D eigenvalue weighted by atomic mass is 9.93. The van der Waals surface area contributed by atoms with Crippen molar-refractivity contribution in [3.8, 4) is 5.75 Å². The van der Waals surface area contributed by atoms with Gasteiger partial charge in [-0.2, -0.15) is 0 Å². The molecule has 2 atom stereocenters. The zero-order valence-corrected chi connectivity index (χ0v) is 18.2. The van der Waals surface area contributed by atoms with Crippen molar-refractivity contribution in [3.63, 3.8) is 0 Å². The number of rotatable bonds is 6. The predicted octanol–water partition coefficient (Wildman–Crippen LogP) is 4.43. The number of anilines is 1. The minimum Gasteiger partial charge on any atom is -0.497 e. The first kappa shape index (κ1) is 23.2. The molecule has 4 rings (SSSR count). The molecule has 176 valence electrons. The third kappa shape index (κ3) is 4.98. The Morgan fingerprint density at radius 3 is 2.29 bits per heavy atom. The van der Waals surface area contributed by atoms with Gasteiger partial charge in [0.25, 0.3) is 0 Å². The van der Waals surface area contributed by atoms with E-state index in [1.165, 1.54) is 36.3 Å². The molecule has 0 aliphatic carbocycles. The van der Waals surface area contributed by atoms with E-state index in [9.17, 15) is 22.8 Å². The van der Waals surface area contributed by atoms with Gasteiger partial charge in [-0.25, -0.2) is 18.0 Å². The van der Waals surface area contributed by atoms with Crippen LogP contribution in [0.25, 0.3) is 0 Å². The molecule has 1 fully saturated rings. The molecule has 1 aliphatic rings. The summed E-state index contributed by atoms with van der Waals surface area (Å²) < 4.78 is 47.9. The molecule has 0 bridgehead atoms. The van der Waals surface area contributed by atoms with Gasteiger partial charge in [0, 0.05) is 42.4 Å². The number of likely N-dealkylation sites (tertiary alicyclic amines) is 1. The van der Waals surface area contributed by atoms with Gasteiger partial charge in [-0.3, -0.25) is 4.79 Å². The Kier molecular flexibility index (Phi) is 6.72. The molecule has 34 heavy (non-hydrogen) atoms. The quantitative estimate of drug-likeness (QED) is 0.561. The topological polar surface area (TPSA) is 70.7 Å². The molecule has 0 spiro atoms. The molecule has 0 radical (unpaired) electrons. The lowest BCUT2D eigenvalue weighted by Crippen LogP contribution is -2.45. The van der Waals surface area contributed by atoms with E-state index in [-0.39, 0.29) is 24.4 Å². The van der Waals surface area contributed by atoms with Crippen molar-refractivity contribution in [2.45, 2.75) is 18.5 Å². The van der Waals surface area contributed by atoms with Crippen LogP contribution in [0.3, 0.4) is 0 Å². The second-order valence-corrected chi connectivity index (χ2v) is 7.90. The van der Waals surface area contributed by atoms with Crippen LogP contribution in [0, 0.1) is 17.5 Å². The van der Waals surface area contributed by atoms with Crippen LogP contribution < -0.4 is 15.4 Å². The number of benzene rings is 3. The molecule has 0 aromatic heterocycles. The van der Waals surface area contributed by atoms with E-state index in [0.717, 1.165) is 17.7 Å². The van der Waals surface area contributed by atoms with E-state index in [4.69, 9.17) is 4.74 Å². The van der Waals surface area contributed by atoms with Gasteiger partial charge < -0.3 is 20.3 Å². The highest BCUT2D eigenvalue weighted by atomic mass is 19.1. The summed E-state index contributed by atoms with van der Waals surface area (Å²) in [6.45, 7) is 0.211. The fraction of sp³-hybridized carbons (Fsp3) is 0.200. The fourth-order valence-electron chi connectivity index (χ4n) is 4.04. The summed E-state index contributed by atoms with van der Waals surface area (Å²) >= 11 is 0. The Bertz CT molecular complexity index is 1170. The van der Waals surface area contributed by atoms with E-state index in [0.29, 0.717) is 5.69 Å². The summed E-state index contributed by atoms with van der Waals surface area (Å²) in [5, 5.41) is 5.05. The maximum atomic E-state index is 14.9. The van der Waals surface area contributed by atoms with Gasteiger partial charge in [0.2, 0.25) is 5.91 Å². The molecule has 2 N–H and O–H groups in total. The molecule has 3 aromatic rings. The van der Waals surface area contributed by atoms with Crippen LogP contribution in [0.2, 0.25) is 0 Å². The molecular formula is C25H22F3N3O3. The van der Waals surface area contributed by atoms with Crippen molar-refractivity contribution < 1.29 is 27.5 Å². The number of nitrogens with one attached hydrogen (secondary N) is 2.